The Morgan fingerprint density at radius 3 is 2.63 bits per heavy atom. The van der Waals surface area contributed by atoms with Crippen molar-refractivity contribution in [2.75, 3.05) is 40.3 Å². The van der Waals surface area contributed by atoms with Gasteiger partial charge in [0, 0.05) is 26.2 Å². The van der Waals surface area contributed by atoms with Crippen LogP contribution < -0.4 is 20.1 Å². The molecule has 27 heavy (non-hydrogen) atoms. The first-order chi connectivity index (χ1) is 13.0. The number of ether oxygens (including phenoxy) is 2. The number of aliphatic imine (C=N–C) groups is 1. The number of methoxy groups -OCH3 is 1. The molecule has 1 aliphatic heterocycles. The van der Waals surface area contributed by atoms with Crippen LogP contribution in [0.3, 0.4) is 0 Å². The lowest BCUT2D eigenvalue weighted by molar-refractivity contribution is 0.141. The summed E-state index contributed by atoms with van der Waals surface area (Å²) in [6, 6.07) is 8.33. The maximum atomic E-state index is 5.99. The second-order valence-corrected chi connectivity index (χ2v) is 7.51. The summed E-state index contributed by atoms with van der Waals surface area (Å²) in [7, 11) is 3.46. The third-order valence-corrected chi connectivity index (χ3v) is 5.02. The van der Waals surface area contributed by atoms with Gasteiger partial charge in [-0.2, -0.15) is 0 Å². The lowest BCUT2D eigenvalue weighted by Gasteiger charge is -2.35. The smallest absolute Gasteiger partial charge is 0.191 e. The van der Waals surface area contributed by atoms with Crippen molar-refractivity contribution in [2.24, 2.45) is 10.9 Å². The summed E-state index contributed by atoms with van der Waals surface area (Å²) >= 11 is 0. The zero-order valence-corrected chi connectivity index (χ0v) is 17.5. The highest BCUT2D eigenvalue weighted by Gasteiger charge is 2.21. The average molecular weight is 377 g/mol. The van der Waals surface area contributed by atoms with Gasteiger partial charge in [-0.15, -0.1) is 0 Å². The summed E-state index contributed by atoms with van der Waals surface area (Å²) in [6.07, 6.45) is 2.55. The molecule has 1 heterocycles. The van der Waals surface area contributed by atoms with E-state index in [0.29, 0.717) is 18.5 Å². The number of piperidine rings is 1. The van der Waals surface area contributed by atoms with Crippen molar-refractivity contribution in [1.82, 2.24) is 15.5 Å². The summed E-state index contributed by atoms with van der Waals surface area (Å²) in [5.74, 6) is 3.00. The molecule has 0 bridgehead atoms. The standard InChI is InChI=1S/C21H36N4O2/c1-16(2)25-12-8-9-18(15-25)14-24-21(22-4)23-13-17(3)27-20-11-7-6-10-19(20)26-5/h6-7,10-11,16-18H,8-9,12-15H2,1-5H3,(H2,22,23,24). The zero-order valence-electron chi connectivity index (χ0n) is 17.5. The van der Waals surface area contributed by atoms with Crippen LogP contribution in [0, 0.1) is 5.92 Å². The van der Waals surface area contributed by atoms with Gasteiger partial charge in [0.1, 0.15) is 6.10 Å². The van der Waals surface area contributed by atoms with Crippen molar-refractivity contribution in [1.29, 1.82) is 0 Å². The van der Waals surface area contributed by atoms with Gasteiger partial charge in [0.2, 0.25) is 0 Å². The molecule has 0 aromatic heterocycles. The van der Waals surface area contributed by atoms with Gasteiger partial charge in [0.05, 0.1) is 13.7 Å². The van der Waals surface area contributed by atoms with Crippen LogP contribution in [0.2, 0.25) is 0 Å². The Morgan fingerprint density at radius 1 is 1.22 bits per heavy atom. The molecule has 2 atom stereocenters. The number of likely N-dealkylation sites (tertiary alicyclic amines) is 1. The van der Waals surface area contributed by atoms with E-state index in [9.17, 15) is 0 Å². The van der Waals surface area contributed by atoms with Gasteiger partial charge in [0.25, 0.3) is 0 Å². The van der Waals surface area contributed by atoms with E-state index >= 15 is 0 Å². The molecule has 0 radical (unpaired) electrons. The Labute approximate surface area is 164 Å². The number of rotatable bonds is 8. The number of nitrogens with zero attached hydrogens (tertiary/aromatic N) is 2. The lowest BCUT2D eigenvalue weighted by atomic mass is 9.97. The molecular weight excluding hydrogens is 340 g/mol. The SMILES string of the molecule is CN=C(NCC1CCCN(C(C)C)C1)NCC(C)Oc1ccccc1OC. The van der Waals surface area contributed by atoms with Crippen LogP contribution in [0.15, 0.2) is 29.3 Å². The van der Waals surface area contributed by atoms with Crippen LogP contribution in [0.5, 0.6) is 11.5 Å². The molecule has 1 aliphatic rings. The first-order valence-corrected chi connectivity index (χ1v) is 10.0. The topological polar surface area (TPSA) is 58.1 Å². The van der Waals surface area contributed by atoms with Crippen LogP contribution in [0.1, 0.15) is 33.6 Å². The van der Waals surface area contributed by atoms with Crippen molar-refractivity contribution in [3.8, 4) is 11.5 Å². The van der Waals surface area contributed by atoms with Crippen LogP contribution in [0.4, 0.5) is 0 Å². The molecule has 0 amide bonds. The third-order valence-electron chi connectivity index (χ3n) is 5.02. The highest BCUT2D eigenvalue weighted by molar-refractivity contribution is 5.79. The fourth-order valence-electron chi connectivity index (χ4n) is 3.41. The number of nitrogens with one attached hydrogen (secondary N) is 2. The van der Waals surface area contributed by atoms with E-state index in [4.69, 9.17) is 9.47 Å². The molecule has 2 unspecified atom stereocenters. The van der Waals surface area contributed by atoms with Crippen molar-refractivity contribution in [2.45, 2.75) is 45.8 Å². The van der Waals surface area contributed by atoms with Crippen LogP contribution in [-0.4, -0.2) is 63.3 Å². The lowest BCUT2D eigenvalue weighted by Crippen LogP contribution is -2.47. The molecule has 152 valence electrons. The summed E-state index contributed by atoms with van der Waals surface area (Å²) in [5, 5.41) is 6.83. The van der Waals surface area contributed by atoms with Gasteiger partial charge in [-0.25, -0.2) is 0 Å². The van der Waals surface area contributed by atoms with Gasteiger partial charge in [0.15, 0.2) is 17.5 Å². The molecule has 1 aromatic carbocycles. The van der Waals surface area contributed by atoms with Gasteiger partial charge in [-0.1, -0.05) is 12.1 Å². The highest BCUT2D eigenvalue weighted by Crippen LogP contribution is 2.26. The molecule has 0 saturated carbocycles. The second-order valence-electron chi connectivity index (χ2n) is 7.51. The minimum absolute atomic E-state index is 0.00837. The normalized spacial score (nSPS) is 19.6. The predicted octanol–water partition coefficient (Wildman–Crippen LogP) is 2.75. The Balaban J connectivity index is 1.75. The van der Waals surface area contributed by atoms with Crippen LogP contribution in [-0.2, 0) is 0 Å². The van der Waals surface area contributed by atoms with Crippen LogP contribution in [0.25, 0.3) is 0 Å². The van der Waals surface area contributed by atoms with Gasteiger partial charge >= 0.3 is 0 Å². The Hall–Kier alpha value is -1.95. The molecule has 0 spiro atoms. The summed E-state index contributed by atoms with van der Waals surface area (Å²) in [5.41, 5.74) is 0. The molecule has 1 fully saturated rings. The first kappa shape index (κ1) is 21.4. The molecule has 2 rings (SSSR count). The number of hydrogen-bond acceptors (Lipinski definition) is 4. The number of hydrogen-bond donors (Lipinski definition) is 2. The van der Waals surface area contributed by atoms with E-state index in [0.717, 1.165) is 30.5 Å². The second kappa shape index (κ2) is 11.0. The average Bonchev–Trinajstić information content (AvgIpc) is 2.68. The molecular formula is C21H36N4O2. The minimum atomic E-state index is -0.00837. The van der Waals surface area contributed by atoms with Crippen LogP contribution >= 0.6 is 0 Å². The predicted molar refractivity (Wildman–Crippen MR) is 112 cm³/mol. The van der Waals surface area contributed by atoms with Gasteiger partial charge in [-0.05, 0) is 58.2 Å². The fourth-order valence-corrected chi connectivity index (χ4v) is 3.41. The van der Waals surface area contributed by atoms with Crippen molar-refractivity contribution in [3.05, 3.63) is 24.3 Å². The van der Waals surface area contributed by atoms with Crippen molar-refractivity contribution >= 4 is 5.96 Å². The maximum Gasteiger partial charge on any atom is 0.191 e. The molecule has 0 aliphatic carbocycles. The number of benzene rings is 1. The van der Waals surface area contributed by atoms with Gasteiger partial charge < -0.3 is 25.0 Å². The zero-order chi connectivity index (χ0) is 19.6. The van der Waals surface area contributed by atoms with E-state index < -0.39 is 0 Å². The van der Waals surface area contributed by atoms with Crippen molar-refractivity contribution < 1.29 is 9.47 Å². The first-order valence-electron chi connectivity index (χ1n) is 10.0. The van der Waals surface area contributed by atoms with E-state index in [-0.39, 0.29) is 6.10 Å². The Bertz CT molecular complexity index is 591. The largest absolute Gasteiger partial charge is 0.493 e. The molecule has 2 N–H and O–H groups in total. The van der Waals surface area contributed by atoms with E-state index in [1.807, 2.05) is 38.2 Å². The molecule has 1 aromatic rings. The van der Waals surface area contributed by atoms with E-state index in [1.54, 1.807) is 7.11 Å². The highest BCUT2D eigenvalue weighted by atomic mass is 16.5. The minimum Gasteiger partial charge on any atom is -0.493 e. The van der Waals surface area contributed by atoms with E-state index in [1.165, 1.54) is 19.4 Å². The monoisotopic (exact) mass is 376 g/mol. The molecule has 6 heteroatoms. The summed E-state index contributed by atoms with van der Waals surface area (Å²) in [6.45, 7) is 10.6. The fraction of sp³-hybridized carbons (Fsp3) is 0.667. The Kier molecular flexibility index (Phi) is 8.72. The maximum absolute atomic E-state index is 5.99. The third kappa shape index (κ3) is 6.94. The summed E-state index contributed by atoms with van der Waals surface area (Å²) < 4.78 is 11.3. The number of para-hydroxylation sites is 2. The molecule has 6 nitrogen and oxygen atoms in total. The number of guanidine groups is 1. The quantitative estimate of drug-likeness (QED) is 0.540. The summed E-state index contributed by atoms with van der Waals surface area (Å²) in [4.78, 5) is 6.90. The Morgan fingerprint density at radius 2 is 1.96 bits per heavy atom. The van der Waals surface area contributed by atoms with Gasteiger partial charge in [-0.3, -0.25) is 4.99 Å². The van der Waals surface area contributed by atoms with E-state index in [2.05, 4.69) is 34.4 Å². The van der Waals surface area contributed by atoms with Crippen molar-refractivity contribution in [3.63, 3.8) is 0 Å². The molecule has 1 saturated heterocycles.